The van der Waals surface area contributed by atoms with E-state index in [1.807, 2.05) is 0 Å². The number of fused-ring (bicyclic) bond motifs is 5. The Bertz CT molecular complexity index is 3630. The fourth-order valence-corrected chi connectivity index (χ4v) is 6.84. The number of benzene rings is 9. The molecule has 0 aliphatic rings. The maximum absolute atomic E-state index is 9.55. The van der Waals surface area contributed by atoms with Crippen LogP contribution in [0.3, 0.4) is 0 Å². The van der Waals surface area contributed by atoms with E-state index in [4.69, 9.17) is 16.8 Å². The monoisotopic (exact) mass is 663 g/mol. The lowest BCUT2D eigenvalue weighted by Gasteiger charge is -2.18. The van der Waals surface area contributed by atoms with Crippen molar-refractivity contribution in [3.8, 4) is 55.6 Å². The van der Waals surface area contributed by atoms with Crippen LogP contribution in [0.25, 0.3) is 99.1 Å². The van der Waals surface area contributed by atoms with Crippen molar-refractivity contribution in [1.82, 2.24) is 0 Å². The van der Waals surface area contributed by atoms with Gasteiger partial charge in [0.25, 0.3) is 0 Å². The van der Waals surface area contributed by atoms with Gasteiger partial charge in [0.05, 0.1) is 20.6 Å². The fraction of sp³-hybridized carbons (Fsp3) is 0. The van der Waals surface area contributed by atoms with Gasteiger partial charge in [-0.2, -0.15) is 0 Å². The number of hydrogen-bond donors (Lipinski definition) is 0. The lowest BCUT2D eigenvalue weighted by atomic mass is 9.84. The molecule has 238 valence electrons. The molecule has 10 rings (SSSR count). The summed E-state index contributed by atoms with van der Waals surface area (Å²) in [7, 11) is 0. The first kappa shape index (κ1) is 17.8. The molecule has 9 aromatic carbocycles. The summed E-state index contributed by atoms with van der Waals surface area (Å²) in [5.74, 6) is 0. The quantitative estimate of drug-likeness (QED) is 0.167. The van der Waals surface area contributed by atoms with Crippen molar-refractivity contribution in [1.29, 1.82) is 0 Å². The van der Waals surface area contributed by atoms with Gasteiger partial charge in [-0.05, 0) is 95.3 Å². The topological polar surface area (TPSA) is 13.1 Å². The van der Waals surface area contributed by atoms with E-state index in [0.29, 0.717) is 49.4 Å². The highest BCUT2D eigenvalue weighted by molar-refractivity contribution is 6.25. The van der Waals surface area contributed by atoms with Crippen molar-refractivity contribution in [3.63, 3.8) is 0 Å². The summed E-state index contributed by atoms with van der Waals surface area (Å²) < 4.78 is 140. The highest BCUT2D eigenvalue weighted by Gasteiger charge is 2.20. The number of rotatable bonds is 5. The summed E-state index contributed by atoms with van der Waals surface area (Å²) in [5.41, 5.74) is 1.96. The second-order valence-corrected chi connectivity index (χ2v) is 12.0. The Hall–Kier alpha value is -6.70. The second-order valence-electron chi connectivity index (χ2n) is 12.0. The van der Waals surface area contributed by atoms with Crippen LogP contribution in [-0.4, -0.2) is 0 Å². The Morgan fingerprint density at radius 2 is 0.863 bits per heavy atom. The Balaban J connectivity index is 1.25. The lowest BCUT2D eigenvalue weighted by molar-refractivity contribution is 0.669. The molecule has 0 unspecified atom stereocenters. The third-order valence-corrected chi connectivity index (χ3v) is 9.15. The van der Waals surface area contributed by atoms with Crippen LogP contribution in [0.1, 0.15) is 20.6 Å². The molecule has 0 saturated carbocycles. The Morgan fingerprint density at radius 1 is 0.333 bits per heavy atom. The molecule has 0 radical (unpaired) electrons. The average Bonchev–Trinajstić information content (AvgIpc) is 3.73. The molecular weight excluding hydrogens is 617 g/mol. The number of furan rings is 1. The molecule has 1 heterocycles. The Kier molecular flexibility index (Phi) is 4.19. The summed E-state index contributed by atoms with van der Waals surface area (Å²) in [6, 6.07) is 23.4. The highest BCUT2D eigenvalue weighted by atomic mass is 16.3. The molecule has 0 aliphatic carbocycles. The first-order chi connectivity index (χ1) is 31.6. The second kappa shape index (κ2) is 12.0. The molecule has 0 aliphatic heterocycles. The first-order valence-corrected chi connectivity index (χ1v) is 16.3. The van der Waals surface area contributed by atoms with E-state index in [-0.39, 0.29) is 110 Å². The van der Waals surface area contributed by atoms with E-state index in [9.17, 15) is 8.22 Å². The standard InChI is InChI=1S/C50H32O/c1-3-12-33(13-4-1)35-22-24-36(25-23-35)37-26-28-38(29-27-37)48-40-16-7-9-18-42(40)49(43-19-10-8-17-41(43)48)44-20-11-21-47-50(44)45-32-39(30-31-46(45)51-47)34-14-5-2-6-15-34/h1-32H/i1D,3D,4D,11D,12D,13D,20D,21D,26D,27D,28D,29D,30D,31D,32D. The van der Waals surface area contributed by atoms with Gasteiger partial charge in [-0.1, -0.05) is 176 Å². The molecule has 0 fully saturated rings. The fourth-order valence-electron chi connectivity index (χ4n) is 6.84. The highest BCUT2D eigenvalue weighted by Crippen LogP contribution is 2.47. The third kappa shape index (κ3) is 4.94. The van der Waals surface area contributed by atoms with Gasteiger partial charge in [-0.15, -0.1) is 0 Å². The smallest absolute Gasteiger partial charge is 0.136 e. The van der Waals surface area contributed by atoms with Crippen molar-refractivity contribution < 1.29 is 25.0 Å². The van der Waals surface area contributed by atoms with Crippen molar-refractivity contribution in [2.75, 3.05) is 0 Å². The third-order valence-electron chi connectivity index (χ3n) is 9.15. The van der Waals surface area contributed by atoms with E-state index in [1.165, 1.54) is 24.3 Å². The molecule has 0 spiro atoms. The maximum atomic E-state index is 9.55. The van der Waals surface area contributed by atoms with Gasteiger partial charge >= 0.3 is 0 Å². The first-order valence-electron chi connectivity index (χ1n) is 23.8. The van der Waals surface area contributed by atoms with E-state index in [2.05, 4.69) is 0 Å². The van der Waals surface area contributed by atoms with Gasteiger partial charge in [-0.25, -0.2) is 0 Å². The number of hydrogen-bond acceptors (Lipinski definition) is 1. The predicted octanol–water partition coefficient (Wildman–Crippen LogP) is 14.2. The van der Waals surface area contributed by atoms with Crippen LogP contribution in [-0.2, 0) is 0 Å². The molecule has 0 bridgehead atoms. The molecule has 10 aromatic rings. The van der Waals surface area contributed by atoms with E-state index < -0.39 is 30.2 Å². The predicted molar refractivity (Wildman–Crippen MR) is 216 cm³/mol. The van der Waals surface area contributed by atoms with Gasteiger partial charge in [0.15, 0.2) is 0 Å². The minimum Gasteiger partial charge on any atom is -0.456 e. The van der Waals surface area contributed by atoms with Crippen LogP contribution < -0.4 is 0 Å². The van der Waals surface area contributed by atoms with Gasteiger partial charge < -0.3 is 4.42 Å². The molecule has 0 saturated heterocycles. The van der Waals surface area contributed by atoms with Crippen LogP contribution in [0.4, 0.5) is 0 Å². The minimum absolute atomic E-state index is 0.00101. The summed E-state index contributed by atoms with van der Waals surface area (Å²) in [6.45, 7) is 0. The van der Waals surface area contributed by atoms with Gasteiger partial charge in [0.1, 0.15) is 11.2 Å². The van der Waals surface area contributed by atoms with Gasteiger partial charge in [0, 0.05) is 10.8 Å². The zero-order valence-electron chi connectivity index (χ0n) is 41.7. The molecule has 1 nitrogen and oxygen atoms in total. The van der Waals surface area contributed by atoms with Gasteiger partial charge in [-0.3, -0.25) is 0 Å². The molecule has 0 atom stereocenters. The summed E-state index contributed by atoms with van der Waals surface area (Å²) in [4.78, 5) is 0. The van der Waals surface area contributed by atoms with Crippen LogP contribution >= 0.6 is 0 Å². The summed E-state index contributed by atoms with van der Waals surface area (Å²) in [6.07, 6.45) is 0. The van der Waals surface area contributed by atoms with Crippen molar-refractivity contribution in [2.24, 2.45) is 0 Å². The van der Waals surface area contributed by atoms with E-state index in [1.54, 1.807) is 78.9 Å². The molecular formula is C50H32O. The van der Waals surface area contributed by atoms with Crippen molar-refractivity contribution in [3.05, 3.63) is 194 Å². The van der Waals surface area contributed by atoms with Crippen molar-refractivity contribution in [2.45, 2.75) is 0 Å². The zero-order valence-corrected chi connectivity index (χ0v) is 26.7. The van der Waals surface area contributed by atoms with Crippen LogP contribution in [0.2, 0.25) is 0 Å². The minimum atomic E-state index is -0.521. The van der Waals surface area contributed by atoms with Gasteiger partial charge in [0.2, 0.25) is 0 Å². The lowest BCUT2D eigenvalue weighted by Crippen LogP contribution is -1.91. The molecule has 1 aromatic heterocycles. The zero-order chi connectivity index (χ0) is 46.8. The average molecular weight is 664 g/mol. The largest absolute Gasteiger partial charge is 0.456 e. The van der Waals surface area contributed by atoms with Crippen LogP contribution in [0, 0.1) is 0 Å². The van der Waals surface area contributed by atoms with Crippen LogP contribution in [0.15, 0.2) is 198 Å². The Morgan fingerprint density at radius 3 is 1.51 bits per heavy atom. The maximum Gasteiger partial charge on any atom is 0.136 e. The van der Waals surface area contributed by atoms with Crippen molar-refractivity contribution >= 4 is 43.5 Å². The summed E-state index contributed by atoms with van der Waals surface area (Å²) >= 11 is 0. The molecule has 1 heteroatoms. The normalized spacial score (nSPS) is 15.6. The Labute approximate surface area is 317 Å². The van der Waals surface area contributed by atoms with Crippen LogP contribution in [0.5, 0.6) is 0 Å². The van der Waals surface area contributed by atoms with E-state index in [0.717, 1.165) is 0 Å². The molecule has 51 heavy (non-hydrogen) atoms. The summed E-state index contributed by atoms with van der Waals surface area (Å²) in [5, 5.41) is 2.21. The SMILES string of the molecule is [2H]c1c([2H])c([2H])c(-c2ccc(-c3c([2H])c([2H])c(-c4c5ccccc5c(-c5c([2H])c([2H])c([2H])c6oc7c([2H])c([2H])c(-c8ccccc8)c([2H])c7c56)c5ccccc45)c([2H])c3[2H])cc2)c([2H])c1[2H]. The molecule has 0 N–H and O–H groups in total. The van der Waals surface area contributed by atoms with E-state index >= 15 is 0 Å². The molecule has 0 amide bonds.